The van der Waals surface area contributed by atoms with E-state index in [2.05, 4.69) is 5.32 Å². The monoisotopic (exact) mass is 266 g/mol. The third kappa shape index (κ3) is 4.06. The molecule has 102 valence electrons. The SMILES string of the molecule is CC(C)(NC(=O)Cc1cccc([N+](=O)[O-])c1)C(=O)O. The molecule has 19 heavy (non-hydrogen) atoms. The first-order valence-electron chi connectivity index (χ1n) is 5.50. The maximum atomic E-state index is 11.7. The number of nitrogens with zero attached hydrogens (tertiary/aromatic N) is 1. The minimum Gasteiger partial charge on any atom is -0.480 e. The molecule has 1 rings (SSSR count). The van der Waals surface area contributed by atoms with Gasteiger partial charge in [-0.25, -0.2) is 4.79 Å². The summed E-state index contributed by atoms with van der Waals surface area (Å²) in [5, 5.41) is 21.8. The van der Waals surface area contributed by atoms with E-state index in [0.29, 0.717) is 5.56 Å². The third-order valence-electron chi connectivity index (χ3n) is 2.47. The Morgan fingerprint density at radius 3 is 2.58 bits per heavy atom. The minimum absolute atomic E-state index is 0.109. The number of carboxylic acid groups (broad SMARTS) is 1. The number of benzene rings is 1. The van der Waals surface area contributed by atoms with Crippen molar-refractivity contribution in [3.05, 3.63) is 39.9 Å². The Balaban J connectivity index is 2.75. The fraction of sp³-hybridized carbons (Fsp3) is 0.333. The second-order valence-electron chi connectivity index (χ2n) is 4.58. The lowest BCUT2D eigenvalue weighted by Crippen LogP contribution is -2.50. The lowest BCUT2D eigenvalue weighted by molar-refractivity contribution is -0.384. The molecule has 0 heterocycles. The third-order valence-corrected chi connectivity index (χ3v) is 2.47. The van der Waals surface area contributed by atoms with Gasteiger partial charge in [0, 0.05) is 12.1 Å². The van der Waals surface area contributed by atoms with E-state index in [-0.39, 0.29) is 12.1 Å². The van der Waals surface area contributed by atoms with Crippen molar-refractivity contribution in [3.8, 4) is 0 Å². The van der Waals surface area contributed by atoms with Crippen molar-refractivity contribution in [2.75, 3.05) is 0 Å². The van der Waals surface area contributed by atoms with Crippen molar-refractivity contribution in [2.24, 2.45) is 0 Å². The van der Waals surface area contributed by atoms with Gasteiger partial charge in [0.05, 0.1) is 11.3 Å². The molecule has 1 aromatic carbocycles. The number of nitrogens with one attached hydrogen (secondary N) is 1. The number of carbonyl (C=O) groups excluding carboxylic acids is 1. The van der Waals surface area contributed by atoms with Crippen molar-refractivity contribution in [1.29, 1.82) is 0 Å². The summed E-state index contributed by atoms with van der Waals surface area (Å²) < 4.78 is 0. The van der Waals surface area contributed by atoms with Gasteiger partial charge in [-0.05, 0) is 19.4 Å². The molecular formula is C12H14N2O5. The zero-order chi connectivity index (χ0) is 14.6. The average Bonchev–Trinajstić information content (AvgIpc) is 2.28. The van der Waals surface area contributed by atoms with E-state index in [4.69, 9.17) is 5.11 Å². The fourth-order valence-corrected chi connectivity index (χ4v) is 1.41. The Labute approximate surface area is 109 Å². The van der Waals surface area contributed by atoms with E-state index in [1.165, 1.54) is 32.0 Å². The topological polar surface area (TPSA) is 110 Å². The van der Waals surface area contributed by atoms with Gasteiger partial charge in [-0.1, -0.05) is 12.1 Å². The highest BCUT2D eigenvalue weighted by atomic mass is 16.6. The number of amides is 1. The van der Waals surface area contributed by atoms with Crippen LogP contribution >= 0.6 is 0 Å². The first kappa shape index (κ1) is 14.6. The van der Waals surface area contributed by atoms with Gasteiger partial charge in [0.1, 0.15) is 5.54 Å². The van der Waals surface area contributed by atoms with Crippen LogP contribution in [0.5, 0.6) is 0 Å². The molecule has 1 amide bonds. The van der Waals surface area contributed by atoms with Gasteiger partial charge in [0.2, 0.25) is 5.91 Å². The number of nitro benzene ring substituents is 1. The molecule has 0 aliphatic heterocycles. The van der Waals surface area contributed by atoms with Crippen molar-refractivity contribution >= 4 is 17.6 Å². The molecule has 1 aromatic rings. The predicted molar refractivity (Wildman–Crippen MR) is 66.7 cm³/mol. The van der Waals surface area contributed by atoms with Crippen LogP contribution in [0.3, 0.4) is 0 Å². The van der Waals surface area contributed by atoms with Crippen molar-refractivity contribution in [2.45, 2.75) is 25.8 Å². The molecule has 0 aromatic heterocycles. The Kier molecular flexibility index (Phi) is 4.21. The molecular weight excluding hydrogens is 252 g/mol. The standard InChI is InChI=1S/C12H14N2O5/c1-12(2,11(16)17)13-10(15)7-8-4-3-5-9(6-8)14(18)19/h3-6H,7H2,1-2H3,(H,13,15)(H,16,17). The van der Waals surface area contributed by atoms with Crippen LogP contribution in [-0.2, 0) is 16.0 Å². The normalized spacial score (nSPS) is 10.8. The average molecular weight is 266 g/mol. The summed E-state index contributed by atoms with van der Waals surface area (Å²) in [5.41, 5.74) is -1.03. The zero-order valence-electron chi connectivity index (χ0n) is 10.5. The summed E-state index contributed by atoms with van der Waals surface area (Å²) in [5.74, 6) is -1.66. The van der Waals surface area contributed by atoms with E-state index >= 15 is 0 Å². The van der Waals surface area contributed by atoms with Crippen molar-refractivity contribution in [1.82, 2.24) is 5.32 Å². The smallest absolute Gasteiger partial charge is 0.328 e. The van der Waals surface area contributed by atoms with E-state index < -0.39 is 22.3 Å². The number of hydrogen-bond donors (Lipinski definition) is 2. The van der Waals surface area contributed by atoms with Gasteiger partial charge >= 0.3 is 5.97 Å². The second-order valence-corrected chi connectivity index (χ2v) is 4.58. The van der Waals surface area contributed by atoms with Gasteiger partial charge in [0.25, 0.3) is 5.69 Å². The molecule has 0 atom stereocenters. The molecule has 0 saturated heterocycles. The van der Waals surface area contributed by atoms with E-state index in [0.717, 1.165) is 0 Å². The van der Waals surface area contributed by atoms with Crippen LogP contribution in [0.2, 0.25) is 0 Å². The van der Waals surface area contributed by atoms with Crippen LogP contribution in [-0.4, -0.2) is 27.4 Å². The molecule has 0 spiro atoms. The number of nitro groups is 1. The first-order chi connectivity index (χ1) is 8.72. The molecule has 0 unspecified atom stereocenters. The van der Waals surface area contributed by atoms with Gasteiger partial charge < -0.3 is 10.4 Å². The minimum atomic E-state index is -1.38. The molecule has 0 fully saturated rings. The number of rotatable bonds is 5. The van der Waals surface area contributed by atoms with E-state index in [9.17, 15) is 19.7 Å². The quantitative estimate of drug-likeness (QED) is 0.613. The molecule has 7 heteroatoms. The summed E-state index contributed by atoms with van der Waals surface area (Å²) in [6.45, 7) is 2.72. The van der Waals surface area contributed by atoms with Crippen LogP contribution in [0, 0.1) is 10.1 Å². The maximum Gasteiger partial charge on any atom is 0.328 e. The van der Waals surface area contributed by atoms with E-state index in [1.54, 1.807) is 6.07 Å². The van der Waals surface area contributed by atoms with Gasteiger partial charge in [-0.2, -0.15) is 0 Å². The number of carbonyl (C=O) groups is 2. The highest BCUT2D eigenvalue weighted by Gasteiger charge is 2.28. The second kappa shape index (κ2) is 5.47. The summed E-state index contributed by atoms with van der Waals surface area (Å²) >= 11 is 0. The highest BCUT2D eigenvalue weighted by molar-refractivity contribution is 5.87. The molecule has 0 saturated carbocycles. The summed E-state index contributed by atoms with van der Waals surface area (Å²) in [6.07, 6.45) is -0.113. The van der Waals surface area contributed by atoms with Gasteiger partial charge in [-0.15, -0.1) is 0 Å². The van der Waals surface area contributed by atoms with Crippen LogP contribution in [0.1, 0.15) is 19.4 Å². The highest BCUT2D eigenvalue weighted by Crippen LogP contribution is 2.14. The fourth-order valence-electron chi connectivity index (χ4n) is 1.41. The summed E-state index contributed by atoms with van der Waals surface area (Å²) in [6, 6.07) is 5.65. The Morgan fingerprint density at radius 1 is 1.42 bits per heavy atom. The maximum absolute atomic E-state index is 11.7. The lowest BCUT2D eigenvalue weighted by Gasteiger charge is -2.20. The van der Waals surface area contributed by atoms with Crippen LogP contribution in [0.4, 0.5) is 5.69 Å². The molecule has 0 radical (unpaired) electrons. The van der Waals surface area contributed by atoms with E-state index in [1.807, 2.05) is 0 Å². The molecule has 0 aliphatic rings. The van der Waals surface area contributed by atoms with Gasteiger partial charge in [0.15, 0.2) is 0 Å². The number of hydrogen-bond acceptors (Lipinski definition) is 4. The molecule has 0 bridgehead atoms. The first-order valence-corrected chi connectivity index (χ1v) is 5.50. The lowest BCUT2D eigenvalue weighted by atomic mass is 10.0. The number of carboxylic acids is 1. The molecule has 7 nitrogen and oxygen atoms in total. The molecule has 2 N–H and O–H groups in total. The van der Waals surface area contributed by atoms with Crippen molar-refractivity contribution < 1.29 is 19.6 Å². The van der Waals surface area contributed by atoms with Gasteiger partial charge in [-0.3, -0.25) is 14.9 Å². The van der Waals surface area contributed by atoms with Crippen LogP contribution in [0.15, 0.2) is 24.3 Å². The van der Waals surface area contributed by atoms with Crippen LogP contribution in [0.25, 0.3) is 0 Å². The van der Waals surface area contributed by atoms with Crippen molar-refractivity contribution in [3.63, 3.8) is 0 Å². The molecule has 0 aliphatic carbocycles. The largest absolute Gasteiger partial charge is 0.480 e. The zero-order valence-corrected chi connectivity index (χ0v) is 10.5. The number of aliphatic carboxylic acids is 1. The number of non-ortho nitro benzene ring substituents is 1. The Bertz CT molecular complexity index is 525. The summed E-state index contributed by atoms with van der Waals surface area (Å²) in [4.78, 5) is 32.5. The predicted octanol–water partition coefficient (Wildman–Crippen LogP) is 1.12. The van der Waals surface area contributed by atoms with Crippen LogP contribution < -0.4 is 5.32 Å². The Hall–Kier alpha value is -2.44. The summed E-state index contributed by atoms with van der Waals surface area (Å²) in [7, 11) is 0. The Morgan fingerprint density at radius 2 is 2.05 bits per heavy atom.